The van der Waals surface area contributed by atoms with Crippen LogP contribution < -0.4 is 0 Å². The van der Waals surface area contributed by atoms with Gasteiger partial charge in [-0.15, -0.1) is 6.58 Å². The molecule has 0 aromatic carbocycles. The van der Waals surface area contributed by atoms with Gasteiger partial charge in [0.1, 0.15) is 12.6 Å². The highest BCUT2D eigenvalue weighted by Gasteiger charge is 2.38. The molecule has 5 nitrogen and oxygen atoms in total. The summed E-state index contributed by atoms with van der Waals surface area (Å²) in [5.74, 6) is -0.328. The number of allylic oxidation sites excluding steroid dienone is 1. The van der Waals surface area contributed by atoms with Crippen LogP contribution in [0.15, 0.2) is 12.2 Å². The van der Waals surface area contributed by atoms with Crippen LogP contribution in [0.25, 0.3) is 0 Å². The summed E-state index contributed by atoms with van der Waals surface area (Å²) in [5, 5.41) is 9.46. The Kier molecular flexibility index (Phi) is 6.10. The van der Waals surface area contributed by atoms with Crippen LogP contribution in [0.4, 0.5) is 0 Å². The van der Waals surface area contributed by atoms with Gasteiger partial charge in [0.15, 0.2) is 0 Å². The van der Waals surface area contributed by atoms with Gasteiger partial charge >= 0.3 is 0 Å². The molecule has 0 spiro atoms. The zero-order valence-electron chi connectivity index (χ0n) is 13.8. The van der Waals surface area contributed by atoms with Gasteiger partial charge < -0.3 is 9.59 Å². The van der Waals surface area contributed by atoms with Gasteiger partial charge in [-0.2, -0.15) is 0 Å². The molecular weight excluding hydrogens is 268 g/mol. The molecule has 0 aliphatic carbocycles. The number of amides is 2. The third kappa shape index (κ3) is 5.59. The Bertz CT molecular complexity index is 416. The fraction of sp³-hybridized carbons (Fsp3) is 0.750. The Hall–Kier alpha value is -1.20. The molecule has 2 amide bonds. The number of carbonyl (C=O) groups is 2. The second kappa shape index (κ2) is 7.18. The van der Waals surface area contributed by atoms with Crippen LogP contribution in [0, 0.1) is 5.92 Å². The number of quaternary nitrogens is 1. The Morgan fingerprint density at radius 3 is 2.62 bits per heavy atom. The van der Waals surface area contributed by atoms with Crippen LogP contribution in [0.3, 0.4) is 0 Å². The van der Waals surface area contributed by atoms with E-state index in [1.807, 2.05) is 21.0 Å². The number of aliphatic hydroxyl groups excluding tert-OH is 1. The topological polar surface area (TPSA) is 57.6 Å². The lowest BCUT2D eigenvalue weighted by Gasteiger charge is -2.31. The van der Waals surface area contributed by atoms with E-state index in [9.17, 15) is 14.7 Å². The molecular formula is C16H29N2O3+. The van der Waals surface area contributed by atoms with Gasteiger partial charge in [-0.25, -0.2) is 0 Å². The fourth-order valence-corrected chi connectivity index (χ4v) is 3.03. The molecule has 1 heterocycles. The smallest absolute Gasteiger partial charge is 0.233 e. The molecule has 1 fully saturated rings. The van der Waals surface area contributed by atoms with Crippen molar-refractivity contribution < 1.29 is 19.2 Å². The molecule has 120 valence electrons. The summed E-state index contributed by atoms with van der Waals surface area (Å²) < 4.78 is 0.684. The summed E-state index contributed by atoms with van der Waals surface area (Å²) in [7, 11) is 4.09. The standard InChI is InChI=1S/C16H29N2O3/c1-12(2)9-14-10-15(20)17(16(14)21)7-6-8-18(4,5)11-13(3)19/h13-14,19H,1,6-11H2,2-5H3/q+1. The second-order valence-electron chi connectivity index (χ2n) is 6.99. The zero-order chi connectivity index (χ0) is 16.2. The Morgan fingerprint density at radius 2 is 2.10 bits per heavy atom. The van der Waals surface area contributed by atoms with Crippen LogP contribution in [-0.4, -0.2) is 66.1 Å². The van der Waals surface area contributed by atoms with Crippen LogP contribution in [0.2, 0.25) is 0 Å². The number of rotatable bonds is 8. The van der Waals surface area contributed by atoms with Gasteiger partial charge in [-0.3, -0.25) is 14.5 Å². The molecule has 0 aromatic heterocycles. The molecule has 0 saturated carbocycles. The van der Waals surface area contributed by atoms with Crippen LogP contribution in [0.1, 0.15) is 33.1 Å². The monoisotopic (exact) mass is 297 g/mol. The van der Waals surface area contributed by atoms with E-state index in [2.05, 4.69) is 6.58 Å². The number of likely N-dealkylation sites (N-methyl/N-ethyl adjacent to an activating group) is 1. The van der Waals surface area contributed by atoms with Gasteiger partial charge in [-0.1, -0.05) is 5.57 Å². The third-order valence-corrected chi connectivity index (χ3v) is 3.84. The SMILES string of the molecule is C=C(C)CC1CC(=O)N(CCC[N+](C)(C)CC(C)O)C1=O. The maximum absolute atomic E-state index is 12.2. The van der Waals surface area contributed by atoms with Crippen molar-refractivity contribution in [3.8, 4) is 0 Å². The average molecular weight is 297 g/mol. The minimum atomic E-state index is -0.352. The minimum Gasteiger partial charge on any atom is -0.388 e. The normalized spacial score (nSPS) is 21.0. The van der Waals surface area contributed by atoms with Gasteiger partial charge in [0, 0.05) is 19.4 Å². The highest BCUT2D eigenvalue weighted by atomic mass is 16.3. The maximum atomic E-state index is 12.2. The van der Waals surface area contributed by atoms with Gasteiger partial charge in [0.05, 0.1) is 26.6 Å². The Balaban J connectivity index is 2.47. The number of aliphatic hydroxyl groups is 1. The summed E-state index contributed by atoms with van der Waals surface area (Å²) in [5.41, 5.74) is 0.942. The molecule has 5 heteroatoms. The van der Waals surface area contributed by atoms with Crippen LogP contribution in [-0.2, 0) is 9.59 Å². The average Bonchev–Trinajstić information content (AvgIpc) is 2.53. The van der Waals surface area contributed by atoms with E-state index in [1.54, 1.807) is 6.92 Å². The van der Waals surface area contributed by atoms with Crippen molar-refractivity contribution in [2.75, 3.05) is 33.7 Å². The first-order valence-electron chi connectivity index (χ1n) is 7.61. The molecule has 1 aliphatic heterocycles. The second-order valence-corrected chi connectivity index (χ2v) is 6.99. The van der Waals surface area contributed by atoms with E-state index in [0.29, 0.717) is 30.4 Å². The van der Waals surface area contributed by atoms with E-state index in [4.69, 9.17) is 0 Å². The highest BCUT2D eigenvalue weighted by molar-refractivity contribution is 6.03. The molecule has 1 rings (SSSR count). The fourth-order valence-electron chi connectivity index (χ4n) is 3.03. The van der Waals surface area contributed by atoms with Crippen molar-refractivity contribution in [2.24, 2.45) is 5.92 Å². The number of imide groups is 1. The quantitative estimate of drug-likeness (QED) is 0.416. The molecule has 0 radical (unpaired) electrons. The van der Waals surface area contributed by atoms with E-state index in [-0.39, 0.29) is 23.8 Å². The van der Waals surface area contributed by atoms with Gasteiger partial charge in [0.25, 0.3) is 0 Å². The number of hydrogen-bond donors (Lipinski definition) is 1. The molecule has 21 heavy (non-hydrogen) atoms. The first kappa shape index (κ1) is 17.9. The van der Waals surface area contributed by atoms with Gasteiger partial charge in [0.2, 0.25) is 11.8 Å². The third-order valence-electron chi connectivity index (χ3n) is 3.84. The van der Waals surface area contributed by atoms with E-state index in [0.717, 1.165) is 18.5 Å². The molecule has 0 bridgehead atoms. The number of nitrogens with zero attached hydrogens (tertiary/aromatic N) is 2. The summed E-state index contributed by atoms with van der Waals surface area (Å²) >= 11 is 0. The minimum absolute atomic E-state index is 0.0520. The van der Waals surface area contributed by atoms with Crippen LogP contribution in [0.5, 0.6) is 0 Å². The summed E-state index contributed by atoms with van der Waals surface area (Å²) in [6.07, 6.45) is 1.33. The summed E-state index contributed by atoms with van der Waals surface area (Å²) in [6.45, 7) is 9.45. The number of hydrogen-bond acceptors (Lipinski definition) is 3. The maximum Gasteiger partial charge on any atom is 0.233 e. The molecule has 1 N–H and O–H groups in total. The largest absolute Gasteiger partial charge is 0.388 e. The van der Waals surface area contributed by atoms with E-state index in [1.165, 1.54) is 4.90 Å². The highest BCUT2D eigenvalue weighted by Crippen LogP contribution is 2.25. The van der Waals surface area contributed by atoms with E-state index < -0.39 is 0 Å². The first-order valence-corrected chi connectivity index (χ1v) is 7.61. The van der Waals surface area contributed by atoms with Gasteiger partial charge in [-0.05, 0) is 20.3 Å². The molecule has 0 aromatic rings. The molecule has 1 saturated heterocycles. The lowest BCUT2D eigenvalue weighted by Crippen LogP contribution is -2.46. The first-order chi connectivity index (χ1) is 9.62. The van der Waals surface area contributed by atoms with Crippen molar-refractivity contribution in [1.29, 1.82) is 0 Å². The lowest BCUT2D eigenvalue weighted by atomic mass is 10.00. The van der Waals surface area contributed by atoms with Crippen molar-refractivity contribution in [3.63, 3.8) is 0 Å². The molecule has 2 unspecified atom stereocenters. The van der Waals surface area contributed by atoms with E-state index >= 15 is 0 Å². The molecule has 2 atom stereocenters. The zero-order valence-corrected chi connectivity index (χ0v) is 13.8. The number of likely N-dealkylation sites (tertiary alicyclic amines) is 1. The van der Waals surface area contributed by atoms with Crippen molar-refractivity contribution in [1.82, 2.24) is 4.90 Å². The Morgan fingerprint density at radius 1 is 1.48 bits per heavy atom. The predicted octanol–water partition coefficient (Wildman–Crippen LogP) is 1.18. The lowest BCUT2D eigenvalue weighted by molar-refractivity contribution is -0.893. The predicted molar refractivity (Wildman–Crippen MR) is 82.4 cm³/mol. The summed E-state index contributed by atoms with van der Waals surface area (Å²) in [4.78, 5) is 25.5. The summed E-state index contributed by atoms with van der Waals surface area (Å²) in [6, 6.07) is 0. The van der Waals surface area contributed by atoms with Crippen molar-refractivity contribution >= 4 is 11.8 Å². The van der Waals surface area contributed by atoms with Crippen molar-refractivity contribution in [2.45, 2.75) is 39.2 Å². The Labute approximate surface area is 127 Å². The number of carbonyl (C=O) groups excluding carboxylic acids is 2. The van der Waals surface area contributed by atoms with Crippen molar-refractivity contribution in [3.05, 3.63) is 12.2 Å². The molecule has 1 aliphatic rings. The van der Waals surface area contributed by atoms with Crippen LogP contribution >= 0.6 is 0 Å².